The van der Waals surface area contributed by atoms with E-state index < -0.39 is 96.3 Å². The molecule has 0 saturated carbocycles. The van der Waals surface area contributed by atoms with Crippen molar-refractivity contribution in [2.45, 2.75) is 129 Å². The van der Waals surface area contributed by atoms with Gasteiger partial charge >= 0.3 is 5.97 Å². The fourth-order valence-corrected chi connectivity index (χ4v) is 6.61. The number of aliphatic hydroxyl groups excluding tert-OH is 2. The van der Waals surface area contributed by atoms with E-state index in [4.69, 9.17) is 28.4 Å². The number of carbonyl (C=O) groups excluding carboxylic acids is 2. The molecule has 240 valence electrons. The highest BCUT2D eigenvalue weighted by molar-refractivity contribution is 5.83. The number of Topliss-reactive ketones (excluding diaryl/α,β-unsaturated/α-hetero) is 1. The molecule has 0 aromatic carbocycles. The first-order chi connectivity index (χ1) is 19.1. The summed E-state index contributed by atoms with van der Waals surface area (Å²) in [5.41, 5.74) is -1.72. The molecule has 2 aliphatic heterocycles. The highest BCUT2D eigenvalue weighted by atomic mass is 16.7. The molecule has 2 saturated heterocycles. The van der Waals surface area contributed by atoms with Crippen molar-refractivity contribution in [2.24, 2.45) is 29.6 Å². The smallest absolute Gasteiger partial charge is 0.311 e. The number of hydrogen-bond acceptors (Lipinski definition) is 11. The summed E-state index contributed by atoms with van der Waals surface area (Å²) >= 11 is 0. The maximum absolute atomic E-state index is 13.6. The lowest BCUT2D eigenvalue weighted by atomic mass is 9.75. The number of ketones is 1. The summed E-state index contributed by atoms with van der Waals surface area (Å²) in [6, 6.07) is 0. The number of cyclic esters (lactones) is 1. The second-order valence-electron chi connectivity index (χ2n) is 12.4. The lowest BCUT2D eigenvalue weighted by molar-refractivity contribution is -0.324. The molecule has 2 aliphatic rings. The predicted octanol–water partition coefficient (Wildman–Crippen LogP) is 2.11. The highest BCUT2D eigenvalue weighted by Gasteiger charge is 2.50. The van der Waals surface area contributed by atoms with E-state index in [1.54, 1.807) is 41.7 Å². The molecule has 0 aliphatic carbocycles. The van der Waals surface area contributed by atoms with Gasteiger partial charge < -0.3 is 43.7 Å². The Kier molecular flexibility index (Phi) is 13.2. The van der Waals surface area contributed by atoms with Crippen LogP contribution in [-0.2, 0) is 38.0 Å². The Hall–Kier alpha value is -1.18. The Bertz CT molecular complexity index is 850. The molecule has 11 heteroatoms. The van der Waals surface area contributed by atoms with Gasteiger partial charge in [-0.05, 0) is 33.6 Å². The van der Waals surface area contributed by atoms with Gasteiger partial charge in [-0.25, -0.2) is 0 Å². The molecule has 0 amide bonds. The standard InChI is InChI=1S/C30H54O11/c1-12-20-15(3)22(32)16(4)21(31)14(2)13-30(8,35)27(33)17(5)23(18(6)28(34)40-20)41-29-26(38-11)25(37-10)24(36-9)19(7)39-29/h14-20,22-27,29,32-33,35H,12-13H2,1-11H3/t14-,15+,16+,17+,18-,19-,20-,22+,23+,24-,25+,26+,27-,29-,30-/m1/s1. The summed E-state index contributed by atoms with van der Waals surface area (Å²) < 4.78 is 35.5. The number of methoxy groups -OCH3 is 3. The van der Waals surface area contributed by atoms with Crippen molar-refractivity contribution in [3.8, 4) is 0 Å². The molecule has 2 fully saturated rings. The summed E-state index contributed by atoms with van der Waals surface area (Å²) in [4.78, 5) is 26.8. The summed E-state index contributed by atoms with van der Waals surface area (Å²) in [6.07, 6.45) is -6.94. The first-order valence-corrected chi connectivity index (χ1v) is 14.8. The molecule has 3 N–H and O–H groups in total. The van der Waals surface area contributed by atoms with Crippen molar-refractivity contribution in [1.82, 2.24) is 0 Å². The number of ether oxygens (including phenoxy) is 6. The van der Waals surface area contributed by atoms with Crippen molar-refractivity contribution in [3.05, 3.63) is 0 Å². The number of esters is 1. The average Bonchev–Trinajstić information content (AvgIpc) is 2.94. The highest BCUT2D eigenvalue weighted by Crippen LogP contribution is 2.36. The summed E-state index contributed by atoms with van der Waals surface area (Å²) in [5, 5.41) is 34.0. The molecule has 2 heterocycles. The van der Waals surface area contributed by atoms with Crippen molar-refractivity contribution >= 4 is 11.8 Å². The first kappa shape index (κ1) is 36.0. The van der Waals surface area contributed by atoms with Crippen LogP contribution in [0.2, 0.25) is 0 Å². The Morgan fingerprint density at radius 2 is 1.41 bits per heavy atom. The molecule has 0 spiro atoms. The van der Waals surface area contributed by atoms with E-state index in [1.807, 2.05) is 13.8 Å². The van der Waals surface area contributed by atoms with Crippen LogP contribution in [0.3, 0.4) is 0 Å². The van der Waals surface area contributed by atoms with E-state index in [2.05, 4.69) is 0 Å². The quantitative estimate of drug-likeness (QED) is 0.390. The third kappa shape index (κ3) is 7.86. The summed E-state index contributed by atoms with van der Waals surface area (Å²) in [7, 11) is 4.58. The zero-order valence-corrected chi connectivity index (χ0v) is 26.6. The number of hydrogen-bond donors (Lipinski definition) is 3. The minimum atomic E-state index is -1.72. The van der Waals surface area contributed by atoms with E-state index in [0.29, 0.717) is 6.42 Å². The summed E-state index contributed by atoms with van der Waals surface area (Å²) in [6.45, 7) is 13.5. The van der Waals surface area contributed by atoms with Gasteiger partial charge in [0.1, 0.15) is 30.2 Å². The maximum Gasteiger partial charge on any atom is 0.311 e. The molecule has 0 aromatic rings. The van der Waals surface area contributed by atoms with E-state index in [9.17, 15) is 24.9 Å². The molecule has 0 radical (unpaired) electrons. The largest absolute Gasteiger partial charge is 0.462 e. The Morgan fingerprint density at radius 1 is 0.854 bits per heavy atom. The van der Waals surface area contributed by atoms with Crippen molar-refractivity contribution in [3.63, 3.8) is 0 Å². The van der Waals surface area contributed by atoms with Crippen LogP contribution < -0.4 is 0 Å². The van der Waals surface area contributed by atoms with E-state index >= 15 is 0 Å². The monoisotopic (exact) mass is 590 g/mol. The van der Waals surface area contributed by atoms with Gasteiger partial charge in [0.25, 0.3) is 0 Å². The van der Waals surface area contributed by atoms with Gasteiger partial charge in [-0.3, -0.25) is 9.59 Å². The molecule has 41 heavy (non-hydrogen) atoms. The van der Waals surface area contributed by atoms with Crippen molar-refractivity contribution in [1.29, 1.82) is 0 Å². The van der Waals surface area contributed by atoms with Gasteiger partial charge in [0.15, 0.2) is 6.29 Å². The van der Waals surface area contributed by atoms with E-state index in [-0.39, 0.29) is 12.2 Å². The Morgan fingerprint density at radius 3 is 1.93 bits per heavy atom. The van der Waals surface area contributed by atoms with E-state index in [1.165, 1.54) is 21.1 Å². The molecule has 0 bridgehead atoms. The molecule has 15 atom stereocenters. The van der Waals surface area contributed by atoms with Gasteiger partial charge in [-0.15, -0.1) is 0 Å². The van der Waals surface area contributed by atoms with Gasteiger partial charge in [0.05, 0.1) is 35.9 Å². The van der Waals surface area contributed by atoms with Gasteiger partial charge in [0.2, 0.25) is 0 Å². The first-order valence-electron chi connectivity index (χ1n) is 14.8. The second-order valence-corrected chi connectivity index (χ2v) is 12.4. The SMILES string of the molecule is CC[C@H]1OC(=O)[C@H](C)[C@@H](O[C@H]2O[C@H](C)[C@@H](OC)[C@H](OC)[C@@H]2OC)[C@H](C)[C@@H](O)[C@](C)(O)C[C@@H](C)C(=O)[C@H](C)[C@@H](O)[C@H]1C. The van der Waals surface area contributed by atoms with Gasteiger partial charge in [-0.2, -0.15) is 0 Å². The normalized spacial score (nSPS) is 47.5. The predicted molar refractivity (Wildman–Crippen MR) is 150 cm³/mol. The Balaban J connectivity index is 2.55. The fraction of sp³-hybridized carbons (Fsp3) is 0.933. The number of rotatable bonds is 6. The molecule has 2 rings (SSSR count). The second kappa shape index (κ2) is 15.0. The van der Waals surface area contributed by atoms with Crippen LogP contribution in [0.25, 0.3) is 0 Å². The van der Waals surface area contributed by atoms with Crippen LogP contribution in [-0.4, -0.2) is 109 Å². The average molecular weight is 591 g/mol. The van der Waals surface area contributed by atoms with Crippen LogP contribution in [0.4, 0.5) is 0 Å². The van der Waals surface area contributed by atoms with Crippen LogP contribution in [0.1, 0.15) is 68.2 Å². The van der Waals surface area contributed by atoms with Crippen LogP contribution in [0.15, 0.2) is 0 Å². The van der Waals surface area contributed by atoms with Crippen molar-refractivity contribution < 1.29 is 53.3 Å². The van der Waals surface area contributed by atoms with Crippen LogP contribution in [0, 0.1) is 29.6 Å². The maximum atomic E-state index is 13.6. The lowest BCUT2D eigenvalue weighted by Gasteiger charge is -2.46. The minimum absolute atomic E-state index is 0.0511. The third-order valence-corrected chi connectivity index (χ3v) is 9.31. The van der Waals surface area contributed by atoms with Crippen LogP contribution >= 0.6 is 0 Å². The zero-order chi connectivity index (χ0) is 31.4. The number of aliphatic hydroxyl groups is 3. The zero-order valence-electron chi connectivity index (χ0n) is 26.6. The summed E-state index contributed by atoms with van der Waals surface area (Å²) in [5.74, 6) is -4.49. The number of carbonyl (C=O) groups is 2. The molecule has 11 nitrogen and oxygen atoms in total. The molecular weight excluding hydrogens is 536 g/mol. The third-order valence-electron chi connectivity index (χ3n) is 9.31. The fourth-order valence-electron chi connectivity index (χ4n) is 6.61. The molecular formula is C30H54O11. The minimum Gasteiger partial charge on any atom is -0.462 e. The van der Waals surface area contributed by atoms with Crippen molar-refractivity contribution in [2.75, 3.05) is 21.3 Å². The van der Waals surface area contributed by atoms with Gasteiger partial charge in [0, 0.05) is 45.0 Å². The van der Waals surface area contributed by atoms with Gasteiger partial charge in [-0.1, -0.05) is 34.6 Å². The molecule has 0 unspecified atom stereocenters. The Labute approximate surface area is 245 Å². The van der Waals surface area contributed by atoms with Crippen LogP contribution in [0.5, 0.6) is 0 Å². The van der Waals surface area contributed by atoms with E-state index in [0.717, 1.165) is 0 Å². The molecule has 0 aromatic heterocycles. The lowest BCUT2D eigenvalue weighted by Crippen LogP contribution is -2.61. The topological polar surface area (TPSA) is 150 Å².